The number of nitriles is 1. The summed E-state index contributed by atoms with van der Waals surface area (Å²) in [6.45, 7) is 4.69. The maximum Gasteiger partial charge on any atom is 0.157 e. The smallest absolute Gasteiger partial charge is 0.157 e. The van der Waals surface area contributed by atoms with Gasteiger partial charge in [-0.3, -0.25) is 4.72 Å². The SMILES string of the molecule is C/C(=C(/C#N)SNCC1CC(O)CC(O)O1)c1ccc(-c2ccc3cc(N4CCCCC4)ccc3c2)s1. The summed E-state index contributed by atoms with van der Waals surface area (Å²) in [5.41, 5.74) is 3.42. The highest BCUT2D eigenvalue weighted by Crippen LogP contribution is 2.36. The number of benzene rings is 2. The van der Waals surface area contributed by atoms with Crippen LogP contribution in [0.25, 0.3) is 26.8 Å². The number of nitrogens with zero attached hydrogens (tertiary/aromatic N) is 2. The molecule has 2 aliphatic heterocycles. The Bertz CT molecular complexity index is 1300. The summed E-state index contributed by atoms with van der Waals surface area (Å²) in [6, 6.07) is 19.9. The molecular weight excluding hydrogens is 502 g/mol. The van der Waals surface area contributed by atoms with E-state index in [0.717, 1.165) is 23.5 Å². The van der Waals surface area contributed by atoms with Gasteiger partial charge >= 0.3 is 0 Å². The highest BCUT2D eigenvalue weighted by molar-refractivity contribution is 8.01. The van der Waals surface area contributed by atoms with E-state index in [-0.39, 0.29) is 12.5 Å². The van der Waals surface area contributed by atoms with Crippen LogP contribution in [0.2, 0.25) is 0 Å². The number of fused-ring (bicyclic) bond motifs is 1. The first-order valence-corrected chi connectivity index (χ1v) is 14.5. The van der Waals surface area contributed by atoms with Gasteiger partial charge in [0.2, 0.25) is 0 Å². The van der Waals surface area contributed by atoms with Gasteiger partial charge in [-0.05, 0) is 90.4 Å². The second-order valence-electron chi connectivity index (χ2n) is 9.81. The normalized spacial score (nSPS) is 23.1. The summed E-state index contributed by atoms with van der Waals surface area (Å²) in [5, 5.41) is 31.8. The first-order chi connectivity index (χ1) is 18.0. The van der Waals surface area contributed by atoms with Crippen LogP contribution >= 0.6 is 23.3 Å². The maximum absolute atomic E-state index is 9.83. The Morgan fingerprint density at radius 1 is 1.08 bits per heavy atom. The zero-order valence-corrected chi connectivity index (χ0v) is 22.7. The molecule has 2 saturated heterocycles. The Balaban J connectivity index is 1.26. The lowest BCUT2D eigenvalue weighted by atomic mass is 10.0. The van der Waals surface area contributed by atoms with Gasteiger partial charge in [0.25, 0.3) is 0 Å². The molecule has 1 aromatic heterocycles. The number of hydrogen-bond donors (Lipinski definition) is 3. The predicted molar refractivity (Wildman–Crippen MR) is 153 cm³/mol. The molecule has 0 spiro atoms. The molecule has 0 amide bonds. The summed E-state index contributed by atoms with van der Waals surface area (Å²) in [5.74, 6) is 0. The number of thiophene rings is 1. The Labute approximate surface area is 226 Å². The summed E-state index contributed by atoms with van der Waals surface area (Å²) in [6.07, 6.45) is 2.80. The number of nitrogens with one attached hydrogen (secondary N) is 1. The number of aliphatic hydroxyl groups excluding tert-OH is 2. The van der Waals surface area contributed by atoms with Crippen LogP contribution in [-0.2, 0) is 4.74 Å². The van der Waals surface area contributed by atoms with Gasteiger partial charge in [0.05, 0.1) is 12.2 Å². The van der Waals surface area contributed by atoms with E-state index in [9.17, 15) is 15.5 Å². The van der Waals surface area contributed by atoms with Crippen LogP contribution in [0.5, 0.6) is 0 Å². The molecule has 0 saturated carbocycles. The van der Waals surface area contributed by atoms with E-state index < -0.39 is 12.4 Å². The van der Waals surface area contributed by atoms with Gasteiger partial charge in [-0.2, -0.15) is 5.26 Å². The molecule has 194 valence electrons. The van der Waals surface area contributed by atoms with Gasteiger partial charge in [-0.1, -0.05) is 18.2 Å². The Kier molecular flexibility index (Phi) is 8.50. The van der Waals surface area contributed by atoms with Crippen LogP contribution in [0.1, 0.15) is 43.9 Å². The Morgan fingerprint density at radius 2 is 1.86 bits per heavy atom. The molecule has 0 bridgehead atoms. The second-order valence-corrected chi connectivity index (χ2v) is 11.8. The molecule has 37 heavy (non-hydrogen) atoms. The number of ether oxygens (including phenoxy) is 1. The van der Waals surface area contributed by atoms with Crippen molar-refractivity contribution in [2.45, 2.75) is 57.5 Å². The molecule has 6 nitrogen and oxygen atoms in total. The van der Waals surface area contributed by atoms with Gasteiger partial charge in [-0.25, -0.2) is 0 Å². The van der Waals surface area contributed by atoms with E-state index >= 15 is 0 Å². The standard InChI is InChI=1S/C29H33N3O3S2/c1-19(28(17-30)37-31-18-25-15-24(33)16-29(34)35-25)26-9-10-27(36-26)22-6-5-21-14-23(8-7-20(21)13-22)32-11-3-2-4-12-32/h5-10,13-14,24-25,29,31,33-34H,2-4,11-12,15-16,18H2,1H3/b28-19+. The molecule has 2 aromatic carbocycles. The topological polar surface area (TPSA) is 88.8 Å². The van der Waals surface area contributed by atoms with Crippen LogP contribution in [0.3, 0.4) is 0 Å². The van der Waals surface area contributed by atoms with Crippen LogP contribution in [0, 0.1) is 11.3 Å². The molecule has 3 aromatic rings. The average Bonchev–Trinajstić information content (AvgIpc) is 3.41. The van der Waals surface area contributed by atoms with Crippen LogP contribution < -0.4 is 9.62 Å². The minimum absolute atomic E-state index is 0.240. The number of anilines is 1. The maximum atomic E-state index is 9.83. The van der Waals surface area contributed by atoms with Crippen molar-refractivity contribution in [3.8, 4) is 16.5 Å². The van der Waals surface area contributed by atoms with E-state index in [1.807, 2.05) is 6.92 Å². The van der Waals surface area contributed by atoms with Crippen LogP contribution in [0.4, 0.5) is 5.69 Å². The molecule has 3 atom stereocenters. The first-order valence-electron chi connectivity index (χ1n) is 12.9. The van der Waals surface area contributed by atoms with E-state index in [0.29, 0.717) is 17.9 Å². The number of allylic oxidation sites excluding steroid dienone is 2. The summed E-state index contributed by atoms with van der Waals surface area (Å²) < 4.78 is 8.63. The minimum atomic E-state index is -0.940. The molecule has 0 aliphatic carbocycles. The third-order valence-corrected chi connectivity index (χ3v) is 9.26. The van der Waals surface area contributed by atoms with Crippen LogP contribution in [0.15, 0.2) is 53.4 Å². The lowest BCUT2D eigenvalue weighted by Crippen LogP contribution is -2.39. The largest absolute Gasteiger partial charge is 0.393 e. The third kappa shape index (κ3) is 6.37. The first kappa shape index (κ1) is 26.2. The average molecular weight is 536 g/mol. The van der Waals surface area contributed by atoms with Crippen molar-refractivity contribution >= 4 is 45.3 Å². The van der Waals surface area contributed by atoms with Crippen molar-refractivity contribution in [1.82, 2.24) is 4.72 Å². The van der Waals surface area contributed by atoms with Crippen molar-refractivity contribution in [2.24, 2.45) is 0 Å². The zero-order chi connectivity index (χ0) is 25.8. The van der Waals surface area contributed by atoms with E-state index in [1.165, 1.54) is 58.1 Å². The van der Waals surface area contributed by atoms with Crippen molar-refractivity contribution in [1.29, 1.82) is 5.26 Å². The molecule has 3 N–H and O–H groups in total. The lowest BCUT2D eigenvalue weighted by Gasteiger charge is -2.30. The van der Waals surface area contributed by atoms with Crippen molar-refractivity contribution < 1.29 is 14.9 Å². The van der Waals surface area contributed by atoms with Gasteiger partial charge in [-0.15, -0.1) is 11.3 Å². The van der Waals surface area contributed by atoms with Gasteiger partial charge < -0.3 is 19.8 Å². The molecule has 8 heteroatoms. The predicted octanol–water partition coefficient (Wildman–Crippen LogP) is 5.91. The molecule has 0 radical (unpaired) electrons. The fourth-order valence-corrected chi connectivity index (χ4v) is 6.82. The molecule has 2 aliphatic rings. The number of hydrogen-bond acceptors (Lipinski definition) is 8. The van der Waals surface area contributed by atoms with Gasteiger partial charge in [0.1, 0.15) is 11.0 Å². The highest BCUT2D eigenvalue weighted by atomic mass is 32.2. The summed E-state index contributed by atoms with van der Waals surface area (Å²) >= 11 is 2.95. The van der Waals surface area contributed by atoms with Crippen molar-refractivity contribution in [2.75, 3.05) is 24.5 Å². The molecule has 3 unspecified atom stereocenters. The fraction of sp³-hybridized carbons (Fsp3) is 0.414. The third-order valence-electron chi connectivity index (χ3n) is 7.09. The van der Waals surface area contributed by atoms with Gasteiger partial charge in [0, 0.05) is 47.9 Å². The highest BCUT2D eigenvalue weighted by Gasteiger charge is 2.26. The molecular formula is C29H33N3O3S2. The van der Waals surface area contributed by atoms with E-state index in [2.05, 4.69) is 64.2 Å². The fourth-order valence-electron chi connectivity index (χ4n) is 5.03. The number of rotatable bonds is 7. The monoisotopic (exact) mass is 535 g/mol. The van der Waals surface area contributed by atoms with Crippen LogP contribution in [-0.4, -0.2) is 48.3 Å². The summed E-state index contributed by atoms with van der Waals surface area (Å²) in [4.78, 5) is 5.31. The van der Waals surface area contributed by atoms with Crippen molar-refractivity contribution in [3.63, 3.8) is 0 Å². The number of piperidine rings is 1. The van der Waals surface area contributed by atoms with E-state index in [4.69, 9.17) is 4.74 Å². The molecule has 5 rings (SSSR count). The Hall–Kier alpha value is -2.38. The molecule has 2 fully saturated rings. The quantitative estimate of drug-likeness (QED) is 0.256. The van der Waals surface area contributed by atoms with Gasteiger partial charge in [0.15, 0.2) is 6.29 Å². The second kappa shape index (κ2) is 12.0. The van der Waals surface area contributed by atoms with Crippen molar-refractivity contribution in [3.05, 3.63) is 58.3 Å². The minimum Gasteiger partial charge on any atom is -0.393 e. The molecule has 3 heterocycles. The van der Waals surface area contributed by atoms with E-state index in [1.54, 1.807) is 11.3 Å². The number of aliphatic hydroxyl groups is 2. The summed E-state index contributed by atoms with van der Waals surface area (Å²) in [7, 11) is 0. The zero-order valence-electron chi connectivity index (χ0n) is 21.0. The lowest BCUT2D eigenvalue weighted by molar-refractivity contribution is -0.186. The Morgan fingerprint density at radius 3 is 2.65 bits per heavy atom.